The van der Waals surface area contributed by atoms with Crippen LogP contribution in [0.4, 0.5) is 11.5 Å². The Hall–Kier alpha value is -1.77. The molecule has 3 rings (SSSR count). The smallest absolute Gasteiger partial charge is 0.246 e. The summed E-state index contributed by atoms with van der Waals surface area (Å²) in [6.07, 6.45) is 1.56. The summed E-state index contributed by atoms with van der Waals surface area (Å²) < 4.78 is 27.1. The van der Waals surface area contributed by atoms with E-state index < -0.39 is 10.0 Å². The summed E-state index contributed by atoms with van der Waals surface area (Å²) in [7, 11) is -1.85. The van der Waals surface area contributed by atoms with Crippen molar-refractivity contribution >= 4 is 46.4 Å². The molecule has 0 atom stereocenters. The minimum Gasteiger partial charge on any atom is -0.383 e. The average Bonchev–Trinajstić information content (AvgIpc) is 2.57. The Morgan fingerprint density at radius 2 is 1.83 bits per heavy atom. The van der Waals surface area contributed by atoms with Crippen molar-refractivity contribution < 1.29 is 8.42 Å². The molecule has 0 radical (unpaired) electrons. The van der Waals surface area contributed by atoms with Crippen molar-refractivity contribution in [2.45, 2.75) is 4.90 Å². The van der Waals surface area contributed by atoms with Crippen LogP contribution in [0.15, 0.2) is 41.4 Å². The molecule has 1 aromatic carbocycles. The molecular weight excluding hydrogens is 347 g/mol. The lowest BCUT2D eigenvalue weighted by atomic mass is 9.99. The number of sulfonamides is 1. The molecule has 0 bridgehead atoms. The number of aromatic nitrogens is 1. The van der Waals surface area contributed by atoms with Crippen LogP contribution in [0, 0.1) is 0 Å². The Labute approximate surface area is 147 Å². The Morgan fingerprint density at radius 3 is 2.50 bits per heavy atom. The number of nitrogens with two attached hydrogens (primary N) is 1. The number of pyridine rings is 1. The largest absolute Gasteiger partial charge is 0.383 e. The van der Waals surface area contributed by atoms with Gasteiger partial charge >= 0.3 is 0 Å². The fraction of sp³-hybridized carbons (Fsp3) is 0.267. The van der Waals surface area contributed by atoms with Crippen LogP contribution in [-0.2, 0) is 10.0 Å². The SMILES string of the molecule is Bc1cnc(N)c(S(=O)(=O)N2CCN(c3ccccc3Cl)CC2)c1. The van der Waals surface area contributed by atoms with Gasteiger partial charge in [-0.15, -0.1) is 0 Å². The second kappa shape index (κ2) is 6.62. The molecule has 1 fully saturated rings. The Bertz CT molecular complexity index is 854. The number of piperazine rings is 1. The number of benzene rings is 1. The zero-order valence-corrected chi connectivity index (χ0v) is 14.9. The van der Waals surface area contributed by atoms with E-state index in [9.17, 15) is 8.42 Å². The predicted octanol–water partition coefficient (Wildman–Crippen LogP) is 0.0865. The minimum atomic E-state index is -3.64. The van der Waals surface area contributed by atoms with Crippen molar-refractivity contribution in [3.63, 3.8) is 0 Å². The summed E-state index contributed by atoms with van der Waals surface area (Å²) in [6, 6.07) is 9.13. The van der Waals surface area contributed by atoms with E-state index in [0.717, 1.165) is 11.2 Å². The highest BCUT2D eigenvalue weighted by molar-refractivity contribution is 7.89. The Balaban J connectivity index is 1.79. The molecule has 1 aromatic heterocycles. The van der Waals surface area contributed by atoms with Crippen LogP contribution < -0.4 is 16.1 Å². The van der Waals surface area contributed by atoms with Gasteiger partial charge in [0.25, 0.3) is 0 Å². The zero-order chi connectivity index (χ0) is 17.3. The van der Waals surface area contributed by atoms with Crippen molar-refractivity contribution in [3.05, 3.63) is 41.6 Å². The van der Waals surface area contributed by atoms with E-state index in [1.54, 1.807) is 20.1 Å². The molecule has 0 unspecified atom stereocenters. The molecule has 24 heavy (non-hydrogen) atoms. The highest BCUT2D eigenvalue weighted by Gasteiger charge is 2.30. The average molecular weight is 365 g/mol. The maximum absolute atomic E-state index is 12.8. The van der Waals surface area contributed by atoms with E-state index >= 15 is 0 Å². The van der Waals surface area contributed by atoms with Gasteiger partial charge in [-0.3, -0.25) is 0 Å². The lowest BCUT2D eigenvalue weighted by Crippen LogP contribution is -2.49. The van der Waals surface area contributed by atoms with E-state index in [-0.39, 0.29) is 10.7 Å². The van der Waals surface area contributed by atoms with Crippen molar-refractivity contribution in [1.82, 2.24) is 9.29 Å². The van der Waals surface area contributed by atoms with Crippen LogP contribution in [0.5, 0.6) is 0 Å². The monoisotopic (exact) mass is 364 g/mol. The second-order valence-corrected chi connectivity index (χ2v) is 8.05. The van der Waals surface area contributed by atoms with Crippen molar-refractivity contribution in [2.24, 2.45) is 0 Å². The van der Waals surface area contributed by atoms with Crippen LogP contribution in [0.3, 0.4) is 0 Å². The van der Waals surface area contributed by atoms with Crippen LogP contribution >= 0.6 is 11.6 Å². The molecule has 2 aromatic rings. The minimum absolute atomic E-state index is 0.0362. The van der Waals surface area contributed by atoms with Crippen molar-refractivity contribution in [1.29, 1.82) is 0 Å². The molecule has 1 saturated heterocycles. The lowest BCUT2D eigenvalue weighted by Gasteiger charge is -2.35. The fourth-order valence-corrected chi connectivity index (χ4v) is 4.61. The molecule has 6 nitrogen and oxygen atoms in total. The van der Waals surface area contributed by atoms with Gasteiger partial charge in [0.15, 0.2) is 0 Å². The van der Waals surface area contributed by atoms with Gasteiger partial charge in [-0.2, -0.15) is 4.31 Å². The van der Waals surface area contributed by atoms with Gasteiger partial charge in [-0.1, -0.05) is 29.2 Å². The van der Waals surface area contributed by atoms with E-state index in [1.807, 2.05) is 24.3 Å². The number of halogens is 1. The molecule has 1 aliphatic rings. The van der Waals surface area contributed by atoms with Gasteiger partial charge in [-0.25, -0.2) is 13.4 Å². The van der Waals surface area contributed by atoms with Gasteiger partial charge in [-0.05, 0) is 18.2 Å². The predicted molar refractivity (Wildman–Crippen MR) is 99.3 cm³/mol. The molecule has 2 heterocycles. The van der Waals surface area contributed by atoms with Gasteiger partial charge in [0.2, 0.25) is 10.0 Å². The van der Waals surface area contributed by atoms with Gasteiger partial charge < -0.3 is 10.6 Å². The fourth-order valence-electron chi connectivity index (χ4n) is 2.78. The van der Waals surface area contributed by atoms with Crippen LogP contribution in [0.1, 0.15) is 0 Å². The summed E-state index contributed by atoms with van der Waals surface area (Å²) in [4.78, 5) is 6.12. The molecule has 1 aliphatic heterocycles. The third-order valence-electron chi connectivity index (χ3n) is 4.07. The van der Waals surface area contributed by atoms with Gasteiger partial charge in [0, 0.05) is 32.4 Å². The lowest BCUT2D eigenvalue weighted by molar-refractivity contribution is 0.385. The quantitative estimate of drug-likeness (QED) is 0.781. The zero-order valence-electron chi connectivity index (χ0n) is 13.3. The third-order valence-corrected chi connectivity index (χ3v) is 6.32. The normalized spacial score (nSPS) is 16.3. The molecule has 126 valence electrons. The summed E-state index contributed by atoms with van der Waals surface area (Å²) in [6.45, 7) is 1.89. The first-order valence-corrected chi connectivity index (χ1v) is 9.43. The Morgan fingerprint density at radius 1 is 1.17 bits per heavy atom. The molecule has 0 amide bonds. The highest BCUT2D eigenvalue weighted by atomic mass is 35.5. The van der Waals surface area contributed by atoms with Crippen molar-refractivity contribution in [3.8, 4) is 0 Å². The van der Waals surface area contributed by atoms with E-state index in [0.29, 0.717) is 31.2 Å². The van der Waals surface area contributed by atoms with Crippen molar-refractivity contribution in [2.75, 3.05) is 36.8 Å². The molecule has 2 N–H and O–H groups in total. The number of nitrogens with zero attached hydrogens (tertiary/aromatic N) is 3. The summed E-state index contributed by atoms with van der Waals surface area (Å²) in [5.41, 5.74) is 7.46. The first kappa shape index (κ1) is 17.1. The number of rotatable bonds is 3. The summed E-state index contributed by atoms with van der Waals surface area (Å²) in [5.74, 6) is 0.0362. The topological polar surface area (TPSA) is 79.5 Å². The number of anilines is 2. The van der Waals surface area contributed by atoms with Crippen LogP contribution in [0.2, 0.25) is 5.02 Å². The maximum Gasteiger partial charge on any atom is 0.246 e. The first-order valence-electron chi connectivity index (χ1n) is 7.61. The molecule has 0 spiro atoms. The number of hydrogen-bond acceptors (Lipinski definition) is 5. The standard InChI is InChI=1S/C15H18BClN4O2S/c16-11-9-14(15(18)19-10-11)24(22,23)21-7-5-20(6-8-21)13-4-2-1-3-12(13)17/h1-4,9-10H,5-8,16H2,(H2,18,19). The first-order chi connectivity index (χ1) is 11.4. The van der Waals surface area contributed by atoms with E-state index in [1.165, 1.54) is 4.31 Å². The molecular formula is C15H18BClN4O2S. The molecule has 0 aliphatic carbocycles. The number of para-hydroxylation sites is 1. The molecule has 0 saturated carbocycles. The van der Waals surface area contributed by atoms with E-state index in [2.05, 4.69) is 9.88 Å². The van der Waals surface area contributed by atoms with Crippen LogP contribution in [0.25, 0.3) is 0 Å². The second-order valence-electron chi connectivity index (χ2n) is 5.74. The summed E-state index contributed by atoms with van der Waals surface area (Å²) >= 11 is 6.22. The van der Waals surface area contributed by atoms with Gasteiger partial charge in [0.05, 0.1) is 10.7 Å². The van der Waals surface area contributed by atoms with Crippen LogP contribution in [-0.4, -0.2) is 51.7 Å². The Kier molecular flexibility index (Phi) is 4.71. The van der Waals surface area contributed by atoms with Gasteiger partial charge in [0.1, 0.15) is 18.6 Å². The number of hydrogen-bond donors (Lipinski definition) is 1. The maximum atomic E-state index is 12.8. The molecule has 9 heteroatoms. The van der Waals surface area contributed by atoms with E-state index in [4.69, 9.17) is 17.3 Å². The number of nitrogen functional groups attached to an aromatic ring is 1. The third kappa shape index (κ3) is 3.22. The summed E-state index contributed by atoms with van der Waals surface area (Å²) in [5, 5.41) is 0.668. The highest BCUT2D eigenvalue weighted by Crippen LogP contribution is 2.27.